The molecule has 0 unspecified atom stereocenters. The lowest BCUT2D eigenvalue weighted by atomic mass is 9.99. The van der Waals surface area contributed by atoms with E-state index in [9.17, 15) is 0 Å². The van der Waals surface area contributed by atoms with E-state index in [0.29, 0.717) is 5.82 Å². The smallest absolute Gasteiger partial charge is 0.124 e. The number of nitrogens with two attached hydrogens (primary N) is 2. The van der Waals surface area contributed by atoms with Crippen molar-refractivity contribution in [3.8, 4) is 11.1 Å². The molecule has 3 rings (SSSR count). The Labute approximate surface area is 131 Å². The number of benzene rings is 2. The number of nitrogens with zero attached hydrogens (tertiary/aromatic N) is 1. The number of hydrogen-bond donors (Lipinski definition) is 2. The molecule has 3 nitrogen and oxygen atoms in total. The minimum Gasteiger partial charge on any atom is -0.384 e. The van der Waals surface area contributed by atoms with E-state index < -0.39 is 0 Å². The number of pyridine rings is 1. The van der Waals surface area contributed by atoms with Crippen molar-refractivity contribution in [3.05, 3.63) is 59.7 Å². The molecule has 1 aromatic heterocycles. The van der Waals surface area contributed by atoms with E-state index in [1.807, 2.05) is 13.0 Å². The molecule has 0 bridgehead atoms. The topological polar surface area (TPSA) is 64.9 Å². The Morgan fingerprint density at radius 2 is 1.68 bits per heavy atom. The molecule has 0 aliphatic heterocycles. The van der Waals surface area contributed by atoms with Crippen LogP contribution in [0.15, 0.2) is 48.5 Å². The van der Waals surface area contributed by atoms with Crippen LogP contribution >= 0.6 is 0 Å². The molecule has 1 heterocycles. The molecular formula is C19H21N3. The van der Waals surface area contributed by atoms with Crippen molar-refractivity contribution >= 4 is 16.7 Å². The second kappa shape index (κ2) is 5.78. The predicted molar refractivity (Wildman–Crippen MR) is 93.7 cm³/mol. The largest absolute Gasteiger partial charge is 0.384 e. The van der Waals surface area contributed by atoms with Gasteiger partial charge in [0.25, 0.3) is 0 Å². The normalized spacial score (nSPS) is 12.5. The number of rotatable bonds is 3. The number of nitrogen functional groups attached to an aromatic ring is 1. The number of anilines is 1. The lowest BCUT2D eigenvalue weighted by molar-refractivity contribution is 0.738. The molecule has 2 aromatic carbocycles. The van der Waals surface area contributed by atoms with Crippen molar-refractivity contribution < 1.29 is 0 Å². The van der Waals surface area contributed by atoms with Crippen LogP contribution in [0.5, 0.6) is 0 Å². The maximum absolute atomic E-state index is 5.86. The van der Waals surface area contributed by atoms with Gasteiger partial charge in [-0.2, -0.15) is 0 Å². The molecule has 0 radical (unpaired) electrons. The summed E-state index contributed by atoms with van der Waals surface area (Å²) in [6.07, 6.45) is 0.898. The summed E-state index contributed by atoms with van der Waals surface area (Å²) in [6.45, 7) is 4.08. The highest BCUT2D eigenvalue weighted by molar-refractivity contribution is 5.87. The first-order chi connectivity index (χ1) is 10.5. The Bertz CT molecular complexity index is 805. The molecule has 112 valence electrons. The lowest BCUT2D eigenvalue weighted by Crippen LogP contribution is -2.17. The van der Waals surface area contributed by atoms with Gasteiger partial charge in [-0.1, -0.05) is 36.4 Å². The van der Waals surface area contributed by atoms with Crippen molar-refractivity contribution in [2.24, 2.45) is 5.73 Å². The van der Waals surface area contributed by atoms with Crippen LogP contribution in [0.25, 0.3) is 22.0 Å². The van der Waals surface area contributed by atoms with Crippen LogP contribution in [0, 0.1) is 6.92 Å². The van der Waals surface area contributed by atoms with Gasteiger partial charge in [0.2, 0.25) is 0 Å². The Morgan fingerprint density at radius 1 is 1.00 bits per heavy atom. The summed E-state index contributed by atoms with van der Waals surface area (Å²) in [5, 5.41) is 1.14. The van der Waals surface area contributed by atoms with E-state index in [1.54, 1.807) is 0 Å². The highest BCUT2D eigenvalue weighted by Gasteiger charge is 2.05. The summed E-state index contributed by atoms with van der Waals surface area (Å²) >= 11 is 0. The lowest BCUT2D eigenvalue weighted by Gasteiger charge is -2.09. The second-order valence-electron chi connectivity index (χ2n) is 5.97. The van der Waals surface area contributed by atoms with Gasteiger partial charge in [0, 0.05) is 11.4 Å². The first-order valence-corrected chi connectivity index (χ1v) is 7.55. The summed E-state index contributed by atoms with van der Waals surface area (Å²) in [7, 11) is 0. The third-order valence-electron chi connectivity index (χ3n) is 3.88. The van der Waals surface area contributed by atoms with Gasteiger partial charge in [-0.15, -0.1) is 0 Å². The van der Waals surface area contributed by atoms with E-state index >= 15 is 0 Å². The highest BCUT2D eigenvalue weighted by Crippen LogP contribution is 2.26. The number of hydrogen-bond acceptors (Lipinski definition) is 3. The average molecular weight is 291 g/mol. The van der Waals surface area contributed by atoms with Crippen LogP contribution in [0.2, 0.25) is 0 Å². The van der Waals surface area contributed by atoms with E-state index in [2.05, 4.69) is 54.4 Å². The number of aromatic nitrogens is 1. The third kappa shape index (κ3) is 2.95. The molecule has 0 aliphatic rings. The Kier molecular flexibility index (Phi) is 3.82. The Hall–Kier alpha value is -2.39. The molecule has 0 saturated heterocycles. The average Bonchev–Trinajstić information content (AvgIpc) is 2.46. The maximum Gasteiger partial charge on any atom is 0.124 e. The highest BCUT2D eigenvalue weighted by atomic mass is 14.8. The van der Waals surface area contributed by atoms with Crippen molar-refractivity contribution in [3.63, 3.8) is 0 Å². The molecular weight excluding hydrogens is 270 g/mol. The van der Waals surface area contributed by atoms with Crippen LogP contribution in [-0.2, 0) is 6.42 Å². The number of fused-ring (bicyclic) bond motifs is 1. The van der Waals surface area contributed by atoms with Gasteiger partial charge in [0.15, 0.2) is 0 Å². The monoisotopic (exact) mass is 291 g/mol. The van der Waals surface area contributed by atoms with E-state index in [0.717, 1.165) is 28.5 Å². The van der Waals surface area contributed by atoms with Crippen LogP contribution < -0.4 is 11.5 Å². The molecule has 3 aromatic rings. The van der Waals surface area contributed by atoms with Crippen molar-refractivity contribution in [1.82, 2.24) is 4.98 Å². The van der Waals surface area contributed by atoms with Crippen LogP contribution in [0.1, 0.15) is 18.1 Å². The molecule has 0 saturated carbocycles. The van der Waals surface area contributed by atoms with Gasteiger partial charge in [0.1, 0.15) is 5.82 Å². The molecule has 0 aliphatic carbocycles. The fourth-order valence-electron chi connectivity index (χ4n) is 2.81. The molecule has 0 fully saturated rings. The zero-order valence-electron chi connectivity index (χ0n) is 13.0. The van der Waals surface area contributed by atoms with Crippen LogP contribution in [0.4, 0.5) is 5.82 Å². The zero-order chi connectivity index (χ0) is 15.7. The molecule has 0 spiro atoms. The Balaban J connectivity index is 1.99. The second-order valence-corrected chi connectivity index (χ2v) is 5.97. The predicted octanol–water partition coefficient (Wildman–Crippen LogP) is 3.68. The van der Waals surface area contributed by atoms with Crippen LogP contribution in [0.3, 0.4) is 0 Å². The van der Waals surface area contributed by atoms with Gasteiger partial charge in [-0.25, -0.2) is 4.98 Å². The van der Waals surface area contributed by atoms with Gasteiger partial charge in [-0.05, 0) is 54.7 Å². The quantitative estimate of drug-likeness (QED) is 0.773. The van der Waals surface area contributed by atoms with Crippen molar-refractivity contribution in [2.75, 3.05) is 5.73 Å². The van der Waals surface area contributed by atoms with E-state index in [4.69, 9.17) is 11.5 Å². The van der Waals surface area contributed by atoms with Gasteiger partial charge >= 0.3 is 0 Å². The summed E-state index contributed by atoms with van der Waals surface area (Å²) in [6, 6.07) is 17.0. The van der Waals surface area contributed by atoms with Gasteiger partial charge < -0.3 is 11.5 Å². The summed E-state index contributed by atoms with van der Waals surface area (Å²) in [5.41, 5.74) is 17.4. The van der Waals surface area contributed by atoms with E-state index in [1.165, 1.54) is 11.1 Å². The first-order valence-electron chi connectivity index (χ1n) is 7.55. The zero-order valence-corrected chi connectivity index (χ0v) is 13.0. The van der Waals surface area contributed by atoms with Crippen LogP contribution in [-0.4, -0.2) is 11.0 Å². The molecule has 3 heteroatoms. The molecule has 0 amide bonds. The Morgan fingerprint density at radius 3 is 2.36 bits per heavy atom. The SMILES string of the molecule is Cc1cc(N)nc2cc(-c3ccc(C[C@H](C)N)cc3)ccc12. The van der Waals surface area contributed by atoms with Gasteiger partial charge in [-0.3, -0.25) is 0 Å². The summed E-state index contributed by atoms with van der Waals surface area (Å²) in [5.74, 6) is 0.564. The molecule has 1 atom stereocenters. The van der Waals surface area contributed by atoms with Crippen molar-refractivity contribution in [1.29, 1.82) is 0 Å². The fourth-order valence-corrected chi connectivity index (χ4v) is 2.81. The molecule has 22 heavy (non-hydrogen) atoms. The summed E-state index contributed by atoms with van der Waals surface area (Å²) < 4.78 is 0. The third-order valence-corrected chi connectivity index (χ3v) is 3.88. The maximum atomic E-state index is 5.86. The molecule has 4 N–H and O–H groups in total. The fraction of sp³-hybridized carbons (Fsp3) is 0.211. The minimum atomic E-state index is 0.182. The standard InChI is InChI=1S/C19H21N3/c1-12-9-19(21)22-18-11-16(7-8-17(12)18)15-5-3-14(4-6-15)10-13(2)20/h3-9,11,13H,10,20H2,1-2H3,(H2,21,22)/t13-/m0/s1. The summed E-state index contributed by atoms with van der Waals surface area (Å²) in [4.78, 5) is 4.44. The van der Waals surface area contributed by atoms with Crippen molar-refractivity contribution in [2.45, 2.75) is 26.3 Å². The number of aryl methyl sites for hydroxylation is 1. The first kappa shape index (κ1) is 14.5. The van der Waals surface area contributed by atoms with Gasteiger partial charge in [0.05, 0.1) is 5.52 Å². The van der Waals surface area contributed by atoms with E-state index in [-0.39, 0.29) is 6.04 Å². The minimum absolute atomic E-state index is 0.182.